The Morgan fingerprint density at radius 1 is 0.500 bits per heavy atom. The third-order valence-corrected chi connectivity index (χ3v) is 8.68. The van der Waals surface area contributed by atoms with Crippen LogP contribution in [0.4, 0.5) is 17.1 Å². The highest BCUT2D eigenvalue weighted by Gasteiger charge is 2.47. The van der Waals surface area contributed by atoms with Crippen molar-refractivity contribution in [1.29, 1.82) is 0 Å². The maximum Gasteiger partial charge on any atom is 0.0886 e. The van der Waals surface area contributed by atoms with Crippen LogP contribution in [-0.4, -0.2) is 4.98 Å². The van der Waals surface area contributed by atoms with E-state index in [0.29, 0.717) is 0 Å². The van der Waals surface area contributed by atoms with Gasteiger partial charge in [0.25, 0.3) is 0 Å². The van der Waals surface area contributed by atoms with Crippen molar-refractivity contribution >= 4 is 48.9 Å². The normalized spacial score (nSPS) is 12.9. The molecule has 0 unspecified atom stereocenters. The number of fused-ring (bicyclic) bond motifs is 3. The molecular formula is C36H24Br2N2. The van der Waals surface area contributed by atoms with Crippen LogP contribution < -0.4 is 4.90 Å². The molecule has 0 amide bonds. The van der Waals surface area contributed by atoms with E-state index in [1.807, 2.05) is 12.3 Å². The van der Waals surface area contributed by atoms with E-state index in [1.54, 1.807) is 0 Å². The maximum absolute atomic E-state index is 4.98. The quantitative estimate of drug-likeness (QED) is 0.185. The first-order valence-corrected chi connectivity index (χ1v) is 14.8. The van der Waals surface area contributed by atoms with Crippen molar-refractivity contribution in [2.75, 3.05) is 4.90 Å². The Balaban J connectivity index is 1.47. The van der Waals surface area contributed by atoms with E-state index in [0.717, 1.165) is 31.7 Å². The number of para-hydroxylation sites is 2. The average molecular weight is 644 g/mol. The largest absolute Gasteiger partial charge is 0.311 e. The zero-order valence-electron chi connectivity index (χ0n) is 21.5. The number of hydrogen-bond acceptors (Lipinski definition) is 2. The summed E-state index contributed by atoms with van der Waals surface area (Å²) in [7, 11) is 0. The molecule has 0 aliphatic heterocycles. The molecule has 0 saturated heterocycles. The number of aromatic nitrogens is 1. The van der Waals surface area contributed by atoms with Crippen molar-refractivity contribution in [3.8, 4) is 11.1 Å². The highest BCUT2D eigenvalue weighted by Crippen LogP contribution is 2.56. The summed E-state index contributed by atoms with van der Waals surface area (Å²) >= 11 is 7.53. The molecule has 0 spiro atoms. The summed E-state index contributed by atoms with van der Waals surface area (Å²) in [5.41, 5.74) is 9.85. The van der Waals surface area contributed by atoms with Crippen LogP contribution >= 0.6 is 31.9 Å². The van der Waals surface area contributed by atoms with Gasteiger partial charge in [-0.1, -0.05) is 98.6 Å². The fraction of sp³-hybridized carbons (Fsp3) is 0.0278. The lowest BCUT2D eigenvalue weighted by Gasteiger charge is -2.33. The zero-order chi connectivity index (χ0) is 27.1. The van der Waals surface area contributed by atoms with E-state index in [4.69, 9.17) is 4.98 Å². The molecule has 0 N–H and O–H groups in total. The number of anilines is 3. The minimum Gasteiger partial charge on any atom is -0.311 e. The highest BCUT2D eigenvalue weighted by molar-refractivity contribution is 9.10. The summed E-state index contributed by atoms with van der Waals surface area (Å²) in [6, 6.07) is 49.4. The lowest BCUT2D eigenvalue weighted by molar-refractivity contribution is 0.734. The molecule has 0 bridgehead atoms. The Hall–Kier alpha value is -3.99. The number of rotatable bonds is 5. The molecule has 1 aliphatic rings. The minimum atomic E-state index is -0.567. The average Bonchev–Trinajstić information content (AvgIpc) is 3.28. The standard InChI is InChI=1S/C36H24Br2N2/c37-26-16-20-31-32-21-17-27(38)24-34(32)36(33(31)23-26,35-13-7-8-22-39-35)25-14-18-30(19-15-25)40(28-9-3-1-4-10-28)29-11-5-2-6-12-29/h1-24H. The summed E-state index contributed by atoms with van der Waals surface area (Å²) in [5.74, 6) is 0. The molecule has 4 heteroatoms. The van der Waals surface area contributed by atoms with Gasteiger partial charge in [0.2, 0.25) is 0 Å². The van der Waals surface area contributed by atoms with Crippen LogP contribution in [0, 0.1) is 0 Å². The molecule has 1 aromatic heterocycles. The van der Waals surface area contributed by atoms with E-state index in [-0.39, 0.29) is 0 Å². The van der Waals surface area contributed by atoms with E-state index >= 15 is 0 Å². The highest BCUT2D eigenvalue weighted by atomic mass is 79.9. The first kappa shape index (κ1) is 25.0. The van der Waals surface area contributed by atoms with Crippen LogP contribution in [0.15, 0.2) is 155 Å². The van der Waals surface area contributed by atoms with Crippen LogP contribution in [0.1, 0.15) is 22.4 Å². The zero-order valence-corrected chi connectivity index (χ0v) is 24.7. The van der Waals surface area contributed by atoms with Gasteiger partial charge < -0.3 is 4.90 Å². The number of hydrogen-bond donors (Lipinski definition) is 0. The Labute approximate surface area is 251 Å². The molecule has 6 aromatic rings. The van der Waals surface area contributed by atoms with Gasteiger partial charge in [-0.3, -0.25) is 4.98 Å². The van der Waals surface area contributed by atoms with Gasteiger partial charge in [0.1, 0.15) is 0 Å². The molecule has 0 fully saturated rings. The lowest BCUT2D eigenvalue weighted by Crippen LogP contribution is -2.29. The van der Waals surface area contributed by atoms with Crippen LogP contribution in [0.2, 0.25) is 0 Å². The fourth-order valence-corrected chi connectivity index (χ4v) is 6.77. The smallest absolute Gasteiger partial charge is 0.0886 e. The fourth-order valence-electron chi connectivity index (χ4n) is 6.05. The van der Waals surface area contributed by atoms with Crippen molar-refractivity contribution in [2.24, 2.45) is 0 Å². The second-order valence-electron chi connectivity index (χ2n) is 9.90. The van der Waals surface area contributed by atoms with Gasteiger partial charge in [0.05, 0.1) is 11.1 Å². The number of pyridine rings is 1. The molecule has 2 nitrogen and oxygen atoms in total. The summed E-state index contributed by atoms with van der Waals surface area (Å²) in [5, 5.41) is 0. The Morgan fingerprint density at radius 3 is 1.50 bits per heavy atom. The van der Waals surface area contributed by atoms with Crippen molar-refractivity contribution in [1.82, 2.24) is 4.98 Å². The summed E-state index contributed by atoms with van der Waals surface area (Å²) in [6.45, 7) is 0. The van der Waals surface area contributed by atoms with Crippen LogP contribution in [0.3, 0.4) is 0 Å². The molecule has 1 aliphatic carbocycles. The monoisotopic (exact) mass is 642 g/mol. The van der Waals surface area contributed by atoms with Gasteiger partial charge in [-0.15, -0.1) is 0 Å². The predicted molar refractivity (Wildman–Crippen MR) is 172 cm³/mol. The Bertz CT molecular complexity index is 1710. The third kappa shape index (κ3) is 4.02. The van der Waals surface area contributed by atoms with Gasteiger partial charge in [-0.2, -0.15) is 0 Å². The first-order valence-electron chi connectivity index (χ1n) is 13.2. The van der Waals surface area contributed by atoms with Crippen molar-refractivity contribution in [2.45, 2.75) is 5.41 Å². The molecule has 7 rings (SSSR count). The molecule has 192 valence electrons. The van der Waals surface area contributed by atoms with Crippen LogP contribution in [0.25, 0.3) is 11.1 Å². The van der Waals surface area contributed by atoms with Crippen molar-refractivity contribution in [3.63, 3.8) is 0 Å². The SMILES string of the molecule is Brc1ccc2c(c1)C(c1ccc(N(c3ccccc3)c3ccccc3)cc1)(c1ccccn1)c1cc(Br)ccc1-2. The number of nitrogens with zero attached hydrogens (tertiary/aromatic N) is 2. The molecule has 0 radical (unpaired) electrons. The topological polar surface area (TPSA) is 16.1 Å². The van der Waals surface area contributed by atoms with Crippen LogP contribution in [-0.2, 0) is 5.41 Å². The van der Waals surface area contributed by atoms with Gasteiger partial charge >= 0.3 is 0 Å². The second-order valence-corrected chi connectivity index (χ2v) is 11.7. The van der Waals surface area contributed by atoms with E-state index in [1.165, 1.54) is 27.8 Å². The lowest BCUT2D eigenvalue weighted by atomic mass is 9.70. The van der Waals surface area contributed by atoms with Crippen molar-refractivity contribution < 1.29 is 0 Å². The third-order valence-electron chi connectivity index (χ3n) is 7.70. The predicted octanol–water partition coefficient (Wildman–Crippen LogP) is 10.4. The molecular weight excluding hydrogens is 620 g/mol. The molecule has 40 heavy (non-hydrogen) atoms. The molecule has 5 aromatic carbocycles. The second kappa shape index (κ2) is 10.2. The Morgan fingerprint density at radius 2 is 1.00 bits per heavy atom. The summed E-state index contributed by atoms with van der Waals surface area (Å²) < 4.78 is 2.10. The van der Waals surface area contributed by atoms with Gasteiger partial charge in [0.15, 0.2) is 0 Å². The molecule has 0 saturated carbocycles. The summed E-state index contributed by atoms with van der Waals surface area (Å²) in [4.78, 5) is 7.27. The molecule has 1 heterocycles. The van der Waals surface area contributed by atoms with Gasteiger partial charge in [0, 0.05) is 32.2 Å². The van der Waals surface area contributed by atoms with Gasteiger partial charge in [-0.25, -0.2) is 0 Å². The first-order chi connectivity index (χ1) is 19.7. The van der Waals surface area contributed by atoms with E-state index in [2.05, 4.69) is 170 Å². The van der Waals surface area contributed by atoms with E-state index < -0.39 is 5.41 Å². The minimum absolute atomic E-state index is 0.567. The number of halogens is 2. The summed E-state index contributed by atoms with van der Waals surface area (Å²) in [6.07, 6.45) is 1.89. The Kier molecular flexibility index (Phi) is 6.38. The van der Waals surface area contributed by atoms with E-state index in [9.17, 15) is 0 Å². The molecule has 0 atom stereocenters. The maximum atomic E-state index is 4.98. The van der Waals surface area contributed by atoms with Gasteiger partial charge in [-0.05, 0) is 101 Å². The van der Waals surface area contributed by atoms with Crippen LogP contribution in [0.5, 0.6) is 0 Å². The number of benzene rings is 5. The van der Waals surface area contributed by atoms with Crippen molar-refractivity contribution in [3.05, 3.63) is 177 Å².